The molecule has 0 fully saturated rings. The Morgan fingerprint density at radius 2 is 2.24 bits per heavy atom. The molecule has 0 aliphatic heterocycles. The van der Waals surface area contributed by atoms with E-state index in [4.69, 9.17) is 21.9 Å². The van der Waals surface area contributed by atoms with Gasteiger partial charge in [0.15, 0.2) is 0 Å². The minimum Gasteiger partial charge on any atom is -0.398 e. The van der Waals surface area contributed by atoms with E-state index in [2.05, 4.69) is 15.2 Å². The molecule has 0 aliphatic carbocycles. The van der Waals surface area contributed by atoms with E-state index in [9.17, 15) is 0 Å². The van der Waals surface area contributed by atoms with Gasteiger partial charge in [0.1, 0.15) is 0 Å². The lowest BCUT2D eigenvalue weighted by atomic mass is 10.1. The summed E-state index contributed by atoms with van der Waals surface area (Å²) in [5.41, 5.74) is 8.43. The van der Waals surface area contributed by atoms with Crippen LogP contribution < -0.4 is 5.73 Å². The van der Waals surface area contributed by atoms with Crippen molar-refractivity contribution in [3.8, 4) is 11.4 Å². The summed E-state index contributed by atoms with van der Waals surface area (Å²) < 4.78 is 7.00. The summed E-state index contributed by atoms with van der Waals surface area (Å²) in [5.74, 6) is 1.10. The molecule has 21 heavy (non-hydrogen) atoms. The van der Waals surface area contributed by atoms with Gasteiger partial charge in [0, 0.05) is 30.4 Å². The summed E-state index contributed by atoms with van der Waals surface area (Å²) in [7, 11) is 0. The maximum absolute atomic E-state index is 5.89. The van der Waals surface area contributed by atoms with Crippen molar-refractivity contribution in [2.45, 2.75) is 19.9 Å². The third-order valence-electron chi connectivity index (χ3n) is 3.24. The van der Waals surface area contributed by atoms with E-state index in [1.54, 1.807) is 17.1 Å². The van der Waals surface area contributed by atoms with Gasteiger partial charge in [0.25, 0.3) is 0 Å². The molecule has 0 aliphatic rings. The molecule has 1 aromatic carbocycles. The van der Waals surface area contributed by atoms with Crippen molar-refractivity contribution in [3.05, 3.63) is 47.1 Å². The average molecular weight is 304 g/mol. The monoisotopic (exact) mass is 303 g/mol. The van der Waals surface area contributed by atoms with Gasteiger partial charge in [-0.2, -0.15) is 10.1 Å². The average Bonchev–Trinajstić information content (AvgIpc) is 3.08. The number of nitrogens with zero attached hydrogens (tertiary/aromatic N) is 4. The fourth-order valence-corrected chi connectivity index (χ4v) is 2.19. The molecular formula is C14H14ClN5O. The van der Waals surface area contributed by atoms with Crippen LogP contribution in [0.3, 0.4) is 0 Å². The van der Waals surface area contributed by atoms with Crippen molar-refractivity contribution in [2.24, 2.45) is 0 Å². The zero-order valence-corrected chi connectivity index (χ0v) is 12.2. The Bertz CT molecular complexity index is 764. The number of aromatic nitrogens is 4. The second-order valence-electron chi connectivity index (χ2n) is 4.70. The molecule has 7 heteroatoms. The highest BCUT2D eigenvalue weighted by molar-refractivity contribution is 6.30. The number of anilines is 1. The largest absolute Gasteiger partial charge is 0.398 e. The predicted octanol–water partition coefficient (Wildman–Crippen LogP) is 2.72. The van der Waals surface area contributed by atoms with Crippen LogP contribution in [0.1, 0.15) is 11.5 Å². The lowest BCUT2D eigenvalue weighted by Crippen LogP contribution is -2.01. The van der Waals surface area contributed by atoms with Gasteiger partial charge in [0.05, 0.1) is 11.2 Å². The molecule has 6 nitrogen and oxygen atoms in total. The first-order valence-electron chi connectivity index (χ1n) is 6.49. The first kappa shape index (κ1) is 13.6. The van der Waals surface area contributed by atoms with Crippen molar-refractivity contribution in [1.82, 2.24) is 19.9 Å². The third kappa shape index (κ3) is 2.90. The summed E-state index contributed by atoms with van der Waals surface area (Å²) in [6.07, 6.45) is 3.93. The second kappa shape index (κ2) is 5.57. The highest BCUT2D eigenvalue weighted by atomic mass is 35.5. The maximum atomic E-state index is 5.89. The molecule has 0 spiro atoms. The van der Waals surface area contributed by atoms with Gasteiger partial charge in [0.2, 0.25) is 11.7 Å². The molecule has 0 atom stereocenters. The van der Waals surface area contributed by atoms with Crippen LogP contribution in [-0.4, -0.2) is 19.9 Å². The Hall–Kier alpha value is -2.34. The minimum atomic E-state index is 0.549. The molecule has 0 unspecified atom stereocenters. The molecule has 0 bridgehead atoms. The Morgan fingerprint density at radius 3 is 3.00 bits per heavy atom. The van der Waals surface area contributed by atoms with Gasteiger partial charge in [-0.05, 0) is 18.6 Å². The molecule has 2 heterocycles. The fraction of sp³-hybridized carbons (Fsp3) is 0.214. The molecule has 3 rings (SSSR count). The third-order valence-corrected chi connectivity index (χ3v) is 3.44. The lowest BCUT2D eigenvalue weighted by molar-refractivity contribution is 0.369. The van der Waals surface area contributed by atoms with Gasteiger partial charge in [-0.1, -0.05) is 28.9 Å². The van der Waals surface area contributed by atoms with E-state index < -0.39 is 0 Å². The van der Waals surface area contributed by atoms with Crippen molar-refractivity contribution < 1.29 is 4.52 Å². The van der Waals surface area contributed by atoms with E-state index in [0.717, 1.165) is 11.1 Å². The topological polar surface area (TPSA) is 82.8 Å². The van der Waals surface area contributed by atoms with Crippen LogP contribution in [0.4, 0.5) is 5.69 Å². The number of hydrogen-bond donors (Lipinski definition) is 1. The van der Waals surface area contributed by atoms with Crippen molar-refractivity contribution in [2.75, 3.05) is 5.73 Å². The first-order valence-corrected chi connectivity index (χ1v) is 6.87. The Labute approximate surface area is 126 Å². The molecule has 3 aromatic rings. The second-order valence-corrected chi connectivity index (χ2v) is 5.14. The Kier molecular flexibility index (Phi) is 3.62. The SMILES string of the molecule is Cc1c(N)cccc1-c1noc(CCn2cc(Cl)cn2)n1. The fourth-order valence-electron chi connectivity index (χ4n) is 2.03. The van der Waals surface area contributed by atoms with Crippen LogP contribution in [0.5, 0.6) is 0 Å². The van der Waals surface area contributed by atoms with E-state index in [1.807, 2.05) is 25.1 Å². The van der Waals surface area contributed by atoms with E-state index in [0.29, 0.717) is 35.4 Å². The zero-order valence-electron chi connectivity index (χ0n) is 11.5. The van der Waals surface area contributed by atoms with Crippen molar-refractivity contribution in [1.29, 1.82) is 0 Å². The van der Waals surface area contributed by atoms with Crippen LogP contribution in [0, 0.1) is 6.92 Å². The maximum Gasteiger partial charge on any atom is 0.228 e. The highest BCUT2D eigenvalue weighted by Crippen LogP contribution is 2.24. The lowest BCUT2D eigenvalue weighted by Gasteiger charge is -2.03. The van der Waals surface area contributed by atoms with Gasteiger partial charge >= 0.3 is 0 Å². The number of nitrogens with two attached hydrogens (primary N) is 1. The number of aryl methyl sites for hydroxylation is 2. The van der Waals surface area contributed by atoms with Crippen LogP contribution in [-0.2, 0) is 13.0 Å². The molecule has 2 N–H and O–H groups in total. The van der Waals surface area contributed by atoms with Crippen molar-refractivity contribution in [3.63, 3.8) is 0 Å². The van der Waals surface area contributed by atoms with Crippen LogP contribution >= 0.6 is 11.6 Å². The van der Waals surface area contributed by atoms with E-state index in [-0.39, 0.29) is 0 Å². The van der Waals surface area contributed by atoms with Gasteiger partial charge in [-0.15, -0.1) is 0 Å². The molecular weight excluding hydrogens is 290 g/mol. The summed E-state index contributed by atoms with van der Waals surface area (Å²) in [6.45, 7) is 2.57. The number of halogens is 1. The summed E-state index contributed by atoms with van der Waals surface area (Å²) >= 11 is 5.81. The zero-order chi connectivity index (χ0) is 14.8. The van der Waals surface area contributed by atoms with Crippen LogP contribution in [0.15, 0.2) is 35.1 Å². The molecule has 0 amide bonds. The van der Waals surface area contributed by atoms with Crippen LogP contribution in [0.2, 0.25) is 5.02 Å². The number of benzene rings is 1. The number of hydrogen-bond acceptors (Lipinski definition) is 5. The smallest absolute Gasteiger partial charge is 0.228 e. The normalized spacial score (nSPS) is 11.0. The number of rotatable bonds is 4. The quantitative estimate of drug-likeness (QED) is 0.749. The molecule has 2 aromatic heterocycles. The highest BCUT2D eigenvalue weighted by Gasteiger charge is 2.12. The Morgan fingerprint density at radius 1 is 1.38 bits per heavy atom. The molecule has 0 radical (unpaired) electrons. The first-order chi connectivity index (χ1) is 10.1. The van der Waals surface area contributed by atoms with Crippen LogP contribution in [0.25, 0.3) is 11.4 Å². The number of nitrogen functional groups attached to an aromatic ring is 1. The van der Waals surface area contributed by atoms with Crippen molar-refractivity contribution >= 4 is 17.3 Å². The van der Waals surface area contributed by atoms with Gasteiger partial charge < -0.3 is 10.3 Å². The molecule has 108 valence electrons. The van der Waals surface area contributed by atoms with E-state index >= 15 is 0 Å². The minimum absolute atomic E-state index is 0.549. The molecule has 0 saturated carbocycles. The summed E-state index contributed by atoms with van der Waals surface area (Å²) in [5, 5.41) is 8.72. The van der Waals surface area contributed by atoms with E-state index in [1.165, 1.54) is 0 Å². The Balaban J connectivity index is 1.75. The van der Waals surface area contributed by atoms with Gasteiger partial charge in [-0.3, -0.25) is 4.68 Å². The van der Waals surface area contributed by atoms with Gasteiger partial charge in [-0.25, -0.2) is 0 Å². The standard InChI is InChI=1S/C14H14ClN5O/c1-9-11(3-2-4-12(9)16)14-18-13(21-19-14)5-6-20-8-10(15)7-17-20/h2-4,7-8H,5-6,16H2,1H3. The summed E-state index contributed by atoms with van der Waals surface area (Å²) in [6, 6.07) is 5.65. The predicted molar refractivity (Wildman–Crippen MR) is 79.8 cm³/mol. The molecule has 0 saturated heterocycles. The summed E-state index contributed by atoms with van der Waals surface area (Å²) in [4.78, 5) is 4.40.